The Hall–Kier alpha value is -2.58. The highest BCUT2D eigenvalue weighted by molar-refractivity contribution is 5.97. The van der Waals surface area contributed by atoms with Gasteiger partial charge in [0, 0.05) is 25.6 Å². The SMILES string of the molecule is CC(=O)OCCCc1cccc(NC(=O)C2CC(=O)N(CC(F)(F)F)C2)c1. The van der Waals surface area contributed by atoms with E-state index in [0.29, 0.717) is 30.0 Å². The van der Waals surface area contributed by atoms with Crippen LogP contribution in [0.15, 0.2) is 24.3 Å². The van der Waals surface area contributed by atoms with Crippen molar-refractivity contribution in [2.24, 2.45) is 5.92 Å². The number of halogens is 3. The van der Waals surface area contributed by atoms with Gasteiger partial charge in [0.05, 0.1) is 12.5 Å². The minimum atomic E-state index is -4.48. The second-order valence-corrected chi connectivity index (χ2v) is 6.42. The first-order valence-electron chi connectivity index (χ1n) is 8.52. The van der Waals surface area contributed by atoms with Crippen LogP contribution in [0.1, 0.15) is 25.3 Å². The molecule has 0 radical (unpaired) electrons. The third-order valence-corrected chi connectivity index (χ3v) is 4.07. The smallest absolute Gasteiger partial charge is 0.406 e. The van der Waals surface area contributed by atoms with Crippen molar-refractivity contribution in [1.82, 2.24) is 4.90 Å². The fourth-order valence-electron chi connectivity index (χ4n) is 2.86. The molecule has 2 amide bonds. The highest BCUT2D eigenvalue weighted by Gasteiger charge is 2.40. The number of ether oxygens (including phenoxy) is 1. The maximum Gasteiger partial charge on any atom is 0.406 e. The van der Waals surface area contributed by atoms with Crippen LogP contribution in [0.4, 0.5) is 18.9 Å². The minimum absolute atomic E-state index is 0.232. The average molecular weight is 386 g/mol. The molecule has 1 aromatic rings. The molecule has 27 heavy (non-hydrogen) atoms. The fourth-order valence-corrected chi connectivity index (χ4v) is 2.86. The molecule has 1 fully saturated rings. The lowest BCUT2D eigenvalue weighted by atomic mass is 10.1. The van der Waals surface area contributed by atoms with Gasteiger partial charge in [0.2, 0.25) is 11.8 Å². The lowest BCUT2D eigenvalue weighted by Crippen LogP contribution is -2.36. The van der Waals surface area contributed by atoms with E-state index >= 15 is 0 Å². The molecule has 1 aromatic carbocycles. The normalized spacial score (nSPS) is 17.1. The van der Waals surface area contributed by atoms with Gasteiger partial charge in [0.25, 0.3) is 0 Å². The van der Waals surface area contributed by atoms with E-state index in [-0.39, 0.29) is 18.9 Å². The zero-order valence-corrected chi connectivity index (χ0v) is 14.8. The lowest BCUT2D eigenvalue weighted by Gasteiger charge is -2.18. The van der Waals surface area contributed by atoms with Crippen molar-refractivity contribution in [1.29, 1.82) is 0 Å². The van der Waals surface area contributed by atoms with Gasteiger partial charge in [-0.3, -0.25) is 14.4 Å². The van der Waals surface area contributed by atoms with Crippen LogP contribution >= 0.6 is 0 Å². The number of alkyl halides is 3. The number of nitrogens with one attached hydrogen (secondary N) is 1. The molecular formula is C18H21F3N2O4. The summed E-state index contributed by atoms with van der Waals surface area (Å²) in [5, 5.41) is 2.65. The second kappa shape index (κ2) is 8.88. The Labute approximate surface area is 154 Å². The molecule has 1 saturated heterocycles. The van der Waals surface area contributed by atoms with Crippen LogP contribution in [0, 0.1) is 5.92 Å². The van der Waals surface area contributed by atoms with Crippen molar-refractivity contribution >= 4 is 23.5 Å². The van der Waals surface area contributed by atoms with Gasteiger partial charge in [-0.2, -0.15) is 13.2 Å². The van der Waals surface area contributed by atoms with Crippen molar-refractivity contribution < 1.29 is 32.3 Å². The van der Waals surface area contributed by atoms with Gasteiger partial charge < -0.3 is 15.0 Å². The number of amides is 2. The van der Waals surface area contributed by atoms with E-state index < -0.39 is 30.5 Å². The van der Waals surface area contributed by atoms with Crippen molar-refractivity contribution in [3.8, 4) is 0 Å². The zero-order chi connectivity index (χ0) is 20.0. The van der Waals surface area contributed by atoms with Crippen molar-refractivity contribution in [2.45, 2.75) is 32.4 Å². The van der Waals surface area contributed by atoms with Crippen molar-refractivity contribution in [2.75, 3.05) is 25.0 Å². The van der Waals surface area contributed by atoms with Crippen LogP contribution in [0.2, 0.25) is 0 Å². The molecule has 0 saturated carbocycles. The largest absolute Gasteiger partial charge is 0.466 e. The predicted molar refractivity (Wildman–Crippen MR) is 90.8 cm³/mol. The summed E-state index contributed by atoms with van der Waals surface area (Å²) < 4.78 is 42.2. The Morgan fingerprint density at radius 3 is 2.74 bits per heavy atom. The van der Waals surface area contributed by atoms with Crippen LogP contribution in [0.25, 0.3) is 0 Å². The number of esters is 1. The molecule has 0 aromatic heterocycles. The van der Waals surface area contributed by atoms with Crippen LogP contribution < -0.4 is 5.32 Å². The molecule has 6 nitrogen and oxygen atoms in total. The molecule has 0 bridgehead atoms. The number of rotatable bonds is 7. The summed E-state index contributed by atoms with van der Waals surface area (Å²) in [6.07, 6.45) is -3.45. The second-order valence-electron chi connectivity index (χ2n) is 6.42. The minimum Gasteiger partial charge on any atom is -0.466 e. The highest BCUT2D eigenvalue weighted by Crippen LogP contribution is 2.25. The molecule has 0 aliphatic carbocycles. The molecule has 0 spiro atoms. The summed E-state index contributed by atoms with van der Waals surface area (Å²) in [4.78, 5) is 35.3. The van der Waals surface area contributed by atoms with E-state index in [1.54, 1.807) is 18.2 Å². The number of nitrogens with zero attached hydrogens (tertiary/aromatic N) is 1. The van der Waals surface area contributed by atoms with E-state index in [1.807, 2.05) is 6.07 Å². The third kappa shape index (κ3) is 6.92. The Bertz CT molecular complexity index is 706. The molecule has 148 valence electrons. The van der Waals surface area contributed by atoms with Gasteiger partial charge in [-0.1, -0.05) is 12.1 Å². The molecular weight excluding hydrogens is 365 g/mol. The summed E-state index contributed by atoms with van der Waals surface area (Å²) in [6.45, 7) is 0.0462. The van der Waals surface area contributed by atoms with Crippen molar-refractivity contribution in [3.63, 3.8) is 0 Å². The number of likely N-dealkylation sites (tertiary alicyclic amines) is 1. The van der Waals surface area contributed by atoms with Crippen LogP contribution in [0.3, 0.4) is 0 Å². The maximum absolute atomic E-state index is 12.4. The number of aryl methyl sites for hydroxylation is 1. The standard InChI is InChI=1S/C18H21F3N2O4/c1-12(24)27-7-3-5-13-4-2-6-15(8-13)22-17(26)14-9-16(25)23(10-14)11-18(19,20)21/h2,4,6,8,14H,3,5,7,9-11H2,1H3,(H,22,26). The summed E-state index contributed by atoms with van der Waals surface area (Å²) in [7, 11) is 0. The van der Waals surface area contributed by atoms with Gasteiger partial charge in [-0.25, -0.2) is 0 Å². The molecule has 2 rings (SSSR count). The molecule has 1 heterocycles. The van der Waals surface area contributed by atoms with E-state index in [9.17, 15) is 27.6 Å². The fraction of sp³-hybridized carbons (Fsp3) is 0.500. The Balaban J connectivity index is 1.87. The Morgan fingerprint density at radius 1 is 1.33 bits per heavy atom. The maximum atomic E-state index is 12.4. The topological polar surface area (TPSA) is 75.7 Å². The average Bonchev–Trinajstić information content (AvgIpc) is 2.91. The van der Waals surface area contributed by atoms with E-state index in [2.05, 4.69) is 5.32 Å². The number of benzene rings is 1. The number of carbonyl (C=O) groups excluding carboxylic acids is 3. The molecule has 1 unspecified atom stereocenters. The van der Waals surface area contributed by atoms with E-state index in [0.717, 1.165) is 5.56 Å². The summed E-state index contributed by atoms with van der Waals surface area (Å²) in [5.74, 6) is -2.31. The first-order valence-corrected chi connectivity index (χ1v) is 8.52. The monoisotopic (exact) mass is 386 g/mol. The van der Waals surface area contributed by atoms with Crippen molar-refractivity contribution in [3.05, 3.63) is 29.8 Å². The molecule has 1 aliphatic rings. The summed E-state index contributed by atoms with van der Waals surface area (Å²) in [5.41, 5.74) is 1.42. The quantitative estimate of drug-likeness (QED) is 0.577. The van der Waals surface area contributed by atoms with E-state index in [1.165, 1.54) is 6.92 Å². The first kappa shape index (κ1) is 20.7. The first-order chi connectivity index (χ1) is 12.6. The summed E-state index contributed by atoms with van der Waals surface area (Å²) >= 11 is 0. The number of hydrogen-bond donors (Lipinski definition) is 1. The number of anilines is 1. The molecule has 9 heteroatoms. The molecule has 1 atom stereocenters. The predicted octanol–water partition coefficient (Wildman–Crippen LogP) is 2.53. The van der Waals surface area contributed by atoms with Gasteiger partial charge in [0.1, 0.15) is 6.54 Å². The molecule has 1 N–H and O–H groups in total. The van der Waals surface area contributed by atoms with Crippen LogP contribution in [0.5, 0.6) is 0 Å². The molecule has 1 aliphatic heterocycles. The van der Waals surface area contributed by atoms with Crippen LogP contribution in [-0.4, -0.2) is 48.6 Å². The van der Waals surface area contributed by atoms with E-state index in [4.69, 9.17) is 4.74 Å². The highest BCUT2D eigenvalue weighted by atomic mass is 19.4. The Kier molecular flexibility index (Phi) is 6.81. The zero-order valence-electron chi connectivity index (χ0n) is 14.8. The summed E-state index contributed by atoms with van der Waals surface area (Å²) in [6, 6.07) is 7.01. The van der Waals surface area contributed by atoms with Gasteiger partial charge in [-0.05, 0) is 30.5 Å². The lowest BCUT2D eigenvalue weighted by molar-refractivity contribution is -0.157. The van der Waals surface area contributed by atoms with Gasteiger partial charge >= 0.3 is 12.1 Å². The third-order valence-electron chi connectivity index (χ3n) is 4.07. The number of carbonyl (C=O) groups is 3. The number of hydrogen-bond acceptors (Lipinski definition) is 4. The van der Waals surface area contributed by atoms with Gasteiger partial charge in [-0.15, -0.1) is 0 Å². The van der Waals surface area contributed by atoms with Gasteiger partial charge in [0.15, 0.2) is 0 Å². The Morgan fingerprint density at radius 2 is 2.07 bits per heavy atom. The van der Waals surface area contributed by atoms with Crippen LogP contribution in [-0.2, 0) is 25.5 Å².